The molecule has 40 heavy (non-hydrogen) atoms. The maximum atomic E-state index is 12.7. The van der Waals surface area contributed by atoms with Gasteiger partial charge in [0.05, 0.1) is 12.8 Å². The zero-order valence-electron chi connectivity index (χ0n) is 22.4. The number of anilines is 4. The van der Waals surface area contributed by atoms with E-state index in [9.17, 15) is 9.59 Å². The average Bonchev–Trinajstić information content (AvgIpc) is 2.98. The van der Waals surface area contributed by atoms with Gasteiger partial charge < -0.3 is 26.2 Å². The number of carbonyl (C=O) groups is 2. The minimum atomic E-state index is -0.401. The third kappa shape index (κ3) is 7.17. The lowest BCUT2D eigenvalue weighted by molar-refractivity contribution is -0.130. The fourth-order valence-electron chi connectivity index (χ4n) is 4.84. The zero-order chi connectivity index (χ0) is 27.7. The summed E-state index contributed by atoms with van der Waals surface area (Å²) in [7, 11) is 0. The Morgan fingerprint density at radius 1 is 0.800 bits per heavy atom. The summed E-state index contributed by atoms with van der Waals surface area (Å²) in [5.41, 5.74) is 11.2. The van der Waals surface area contributed by atoms with Crippen LogP contribution in [0.5, 0.6) is 0 Å². The van der Waals surface area contributed by atoms with Gasteiger partial charge >= 0.3 is 0 Å². The predicted molar refractivity (Wildman–Crippen MR) is 160 cm³/mol. The summed E-state index contributed by atoms with van der Waals surface area (Å²) in [5.74, 6) is 0.446. The number of amides is 2. The van der Waals surface area contributed by atoms with Crippen LogP contribution in [0.15, 0.2) is 97.2 Å². The van der Waals surface area contributed by atoms with Crippen molar-refractivity contribution in [1.82, 2.24) is 9.88 Å². The molecule has 0 atom stereocenters. The van der Waals surface area contributed by atoms with Gasteiger partial charge in [-0.25, -0.2) is 4.98 Å². The van der Waals surface area contributed by atoms with E-state index in [1.807, 2.05) is 83.8 Å². The fourth-order valence-corrected chi connectivity index (χ4v) is 4.84. The Kier molecular flexibility index (Phi) is 8.56. The van der Waals surface area contributed by atoms with E-state index in [-0.39, 0.29) is 12.3 Å². The van der Waals surface area contributed by atoms with Gasteiger partial charge in [0.1, 0.15) is 5.82 Å². The largest absolute Gasteiger partial charge is 0.381 e. The molecule has 2 amide bonds. The quantitative estimate of drug-likeness (QED) is 0.279. The summed E-state index contributed by atoms with van der Waals surface area (Å²) in [6, 6.07) is 30.1. The Bertz CT molecular complexity index is 1420. The first-order valence-electron chi connectivity index (χ1n) is 13.5. The Morgan fingerprint density at radius 2 is 1.45 bits per heavy atom. The molecule has 0 aliphatic carbocycles. The lowest BCUT2D eigenvalue weighted by Gasteiger charge is -2.36. The lowest BCUT2D eigenvalue weighted by Crippen LogP contribution is -2.49. The number of nitrogens with zero attached hydrogens (tertiary/aromatic N) is 3. The molecule has 0 radical (unpaired) electrons. The molecule has 8 nitrogen and oxygen atoms in total. The maximum absolute atomic E-state index is 12.7. The summed E-state index contributed by atoms with van der Waals surface area (Å²) in [6.45, 7) is 3.65. The van der Waals surface area contributed by atoms with E-state index in [4.69, 9.17) is 5.73 Å². The third-order valence-electron chi connectivity index (χ3n) is 7.01. The summed E-state index contributed by atoms with van der Waals surface area (Å²) in [4.78, 5) is 33.1. The molecule has 1 aromatic heterocycles. The van der Waals surface area contributed by atoms with E-state index >= 15 is 0 Å². The number of aromatic nitrogens is 1. The van der Waals surface area contributed by atoms with E-state index in [1.54, 1.807) is 6.20 Å². The number of hydrogen-bond acceptors (Lipinski definition) is 6. The highest BCUT2D eigenvalue weighted by molar-refractivity contribution is 5.80. The number of piperazine rings is 1. The van der Waals surface area contributed by atoms with Crippen molar-refractivity contribution in [1.29, 1.82) is 0 Å². The van der Waals surface area contributed by atoms with E-state index < -0.39 is 5.91 Å². The van der Waals surface area contributed by atoms with Crippen molar-refractivity contribution in [2.75, 3.05) is 41.7 Å². The molecule has 204 valence electrons. The number of rotatable bonds is 10. The molecular formula is C32H34N6O2. The van der Waals surface area contributed by atoms with Gasteiger partial charge in [-0.2, -0.15) is 0 Å². The van der Waals surface area contributed by atoms with Crippen molar-refractivity contribution in [3.8, 4) is 0 Å². The third-order valence-corrected chi connectivity index (χ3v) is 7.01. The van der Waals surface area contributed by atoms with Gasteiger partial charge in [-0.15, -0.1) is 0 Å². The topological polar surface area (TPSA) is 104 Å². The Hall–Kier alpha value is -4.85. The van der Waals surface area contributed by atoms with Crippen LogP contribution in [-0.4, -0.2) is 47.9 Å². The maximum Gasteiger partial charge on any atom is 0.227 e. The second-order valence-electron chi connectivity index (χ2n) is 9.91. The molecule has 1 aliphatic heterocycles. The standard InChI is InChI=1S/C32H34N6O2/c33-30(39)20-26-23-35-31(21-29(26)34-22-25-9-5-2-6-10-25)36-27-11-13-28(14-12-27)37-15-17-38(18-16-37)32(40)19-24-7-3-1-4-8-24/h1-14,21,23H,15-20,22H2,(H2,33,39)(H2,34,35,36). The van der Waals surface area contributed by atoms with Crippen molar-refractivity contribution in [2.24, 2.45) is 5.73 Å². The number of carbonyl (C=O) groups excluding carboxylic acids is 2. The molecule has 4 aromatic rings. The van der Waals surface area contributed by atoms with Crippen molar-refractivity contribution < 1.29 is 9.59 Å². The highest BCUT2D eigenvalue weighted by Crippen LogP contribution is 2.25. The van der Waals surface area contributed by atoms with Crippen LogP contribution >= 0.6 is 0 Å². The average molecular weight is 535 g/mol. The predicted octanol–water partition coefficient (Wildman–Crippen LogP) is 4.36. The van der Waals surface area contributed by atoms with Crippen LogP contribution in [0.2, 0.25) is 0 Å². The van der Waals surface area contributed by atoms with Crippen LogP contribution in [0.4, 0.5) is 22.9 Å². The molecule has 5 rings (SSSR count). The molecule has 0 bridgehead atoms. The number of benzene rings is 3. The second-order valence-corrected chi connectivity index (χ2v) is 9.91. The van der Waals surface area contributed by atoms with Gasteiger partial charge in [-0.1, -0.05) is 60.7 Å². The number of primary amides is 1. The molecule has 0 saturated carbocycles. The monoisotopic (exact) mass is 534 g/mol. The minimum absolute atomic E-state index is 0.115. The van der Waals surface area contributed by atoms with Crippen LogP contribution < -0.4 is 21.3 Å². The van der Waals surface area contributed by atoms with E-state index in [2.05, 4.69) is 32.7 Å². The normalized spacial score (nSPS) is 13.1. The first-order valence-corrected chi connectivity index (χ1v) is 13.5. The van der Waals surface area contributed by atoms with Gasteiger partial charge in [0.15, 0.2) is 0 Å². The first kappa shape index (κ1) is 26.7. The Balaban J connectivity index is 1.18. The summed E-state index contributed by atoms with van der Waals surface area (Å²) < 4.78 is 0. The molecule has 0 spiro atoms. The Labute approximate surface area is 234 Å². The zero-order valence-corrected chi connectivity index (χ0v) is 22.4. The number of pyridine rings is 1. The van der Waals surface area contributed by atoms with Crippen molar-refractivity contribution in [3.05, 3.63) is 114 Å². The van der Waals surface area contributed by atoms with E-state index in [0.717, 1.165) is 46.8 Å². The molecule has 1 fully saturated rings. The molecular weight excluding hydrogens is 500 g/mol. The Morgan fingerprint density at radius 3 is 2.10 bits per heavy atom. The number of hydrogen-bond donors (Lipinski definition) is 3. The molecule has 4 N–H and O–H groups in total. The molecule has 2 heterocycles. The minimum Gasteiger partial charge on any atom is -0.381 e. The van der Waals surface area contributed by atoms with Gasteiger partial charge in [0.2, 0.25) is 11.8 Å². The molecule has 0 unspecified atom stereocenters. The molecule has 8 heteroatoms. The highest BCUT2D eigenvalue weighted by atomic mass is 16.2. The van der Waals surface area contributed by atoms with Crippen LogP contribution in [-0.2, 0) is 29.0 Å². The molecule has 1 aliphatic rings. The number of nitrogens with two attached hydrogens (primary N) is 1. The van der Waals surface area contributed by atoms with Gasteiger partial charge in [0.25, 0.3) is 0 Å². The first-order chi connectivity index (χ1) is 19.5. The van der Waals surface area contributed by atoms with Crippen molar-refractivity contribution in [2.45, 2.75) is 19.4 Å². The van der Waals surface area contributed by atoms with Crippen molar-refractivity contribution in [3.63, 3.8) is 0 Å². The fraction of sp³-hybridized carbons (Fsp3) is 0.219. The number of nitrogens with one attached hydrogen (secondary N) is 2. The van der Waals surface area contributed by atoms with E-state index in [0.29, 0.717) is 31.9 Å². The van der Waals surface area contributed by atoms with Crippen LogP contribution in [0.3, 0.4) is 0 Å². The molecule has 3 aromatic carbocycles. The summed E-state index contributed by atoms with van der Waals surface area (Å²) in [5, 5.41) is 6.78. The van der Waals surface area contributed by atoms with Crippen LogP contribution in [0.1, 0.15) is 16.7 Å². The van der Waals surface area contributed by atoms with Crippen molar-refractivity contribution >= 4 is 34.7 Å². The summed E-state index contributed by atoms with van der Waals surface area (Å²) in [6.07, 6.45) is 2.25. The highest BCUT2D eigenvalue weighted by Gasteiger charge is 2.21. The molecule has 1 saturated heterocycles. The smallest absolute Gasteiger partial charge is 0.227 e. The SMILES string of the molecule is NC(=O)Cc1cnc(Nc2ccc(N3CCN(C(=O)Cc4ccccc4)CC3)cc2)cc1NCc1ccccc1. The van der Waals surface area contributed by atoms with Gasteiger partial charge in [-0.3, -0.25) is 9.59 Å². The van der Waals surface area contributed by atoms with Crippen LogP contribution in [0.25, 0.3) is 0 Å². The van der Waals surface area contributed by atoms with Crippen LogP contribution in [0, 0.1) is 0 Å². The summed E-state index contributed by atoms with van der Waals surface area (Å²) >= 11 is 0. The van der Waals surface area contributed by atoms with Gasteiger partial charge in [-0.05, 0) is 35.4 Å². The second kappa shape index (κ2) is 12.8. The van der Waals surface area contributed by atoms with E-state index in [1.165, 1.54) is 0 Å². The lowest BCUT2D eigenvalue weighted by atomic mass is 10.1. The van der Waals surface area contributed by atoms with Gasteiger partial charge in [0, 0.05) is 67.6 Å².